The minimum Gasteiger partial charge on any atom is -0.305 e. The molecule has 0 radical (unpaired) electrons. The van der Waals surface area contributed by atoms with E-state index in [0.717, 1.165) is 0 Å². The van der Waals surface area contributed by atoms with Gasteiger partial charge >= 0.3 is 0 Å². The zero-order valence-corrected chi connectivity index (χ0v) is 9.01. The van der Waals surface area contributed by atoms with Crippen LogP contribution in [0.15, 0.2) is 30.2 Å². The molecule has 0 unspecified atom stereocenters. The van der Waals surface area contributed by atoms with Crippen LogP contribution in [-0.2, 0) is 0 Å². The SMILES string of the molecule is CC.Cc1cc(-n2ccnc2)cs1. The van der Waals surface area contributed by atoms with Crippen LogP contribution in [0.1, 0.15) is 18.7 Å². The summed E-state index contributed by atoms with van der Waals surface area (Å²) < 4.78 is 2.00. The van der Waals surface area contributed by atoms with E-state index in [1.165, 1.54) is 10.6 Å². The molecule has 2 heterocycles. The van der Waals surface area contributed by atoms with Gasteiger partial charge < -0.3 is 4.57 Å². The average molecular weight is 194 g/mol. The summed E-state index contributed by atoms with van der Waals surface area (Å²) in [6.45, 7) is 6.10. The fourth-order valence-electron chi connectivity index (χ4n) is 0.977. The molecule has 0 N–H and O–H groups in total. The Morgan fingerprint density at radius 1 is 1.38 bits per heavy atom. The van der Waals surface area contributed by atoms with Crippen molar-refractivity contribution >= 4 is 11.3 Å². The molecule has 0 atom stereocenters. The first-order valence-corrected chi connectivity index (χ1v) is 5.28. The Balaban J connectivity index is 0.000000396. The second kappa shape index (κ2) is 4.82. The lowest BCUT2D eigenvalue weighted by molar-refractivity contribution is 1.06. The first-order valence-electron chi connectivity index (χ1n) is 4.40. The highest BCUT2D eigenvalue weighted by atomic mass is 32.1. The van der Waals surface area contributed by atoms with Gasteiger partial charge in [0.1, 0.15) is 0 Å². The molecule has 0 spiro atoms. The van der Waals surface area contributed by atoms with Gasteiger partial charge in [-0.25, -0.2) is 4.98 Å². The van der Waals surface area contributed by atoms with E-state index in [-0.39, 0.29) is 0 Å². The Morgan fingerprint density at radius 2 is 2.15 bits per heavy atom. The van der Waals surface area contributed by atoms with E-state index >= 15 is 0 Å². The third kappa shape index (κ3) is 2.42. The number of nitrogens with zero attached hydrogens (tertiary/aromatic N) is 2. The maximum atomic E-state index is 3.98. The topological polar surface area (TPSA) is 17.8 Å². The third-order valence-electron chi connectivity index (χ3n) is 1.52. The van der Waals surface area contributed by atoms with Crippen LogP contribution >= 0.6 is 11.3 Å². The molecule has 0 aliphatic heterocycles. The number of hydrogen-bond donors (Lipinski definition) is 0. The molecule has 2 aromatic heterocycles. The van der Waals surface area contributed by atoms with Gasteiger partial charge in [0.15, 0.2) is 0 Å². The number of hydrogen-bond acceptors (Lipinski definition) is 2. The van der Waals surface area contributed by atoms with Crippen molar-refractivity contribution in [2.45, 2.75) is 20.8 Å². The molecule has 13 heavy (non-hydrogen) atoms. The molecule has 0 amide bonds. The smallest absolute Gasteiger partial charge is 0.0991 e. The van der Waals surface area contributed by atoms with Gasteiger partial charge in [0.05, 0.1) is 12.0 Å². The van der Waals surface area contributed by atoms with Gasteiger partial charge in [-0.15, -0.1) is 11.3 Å². The molecule has 0 fully saturated rings. The molecule has 0 aromatic carbocycles. The van der Waals surface area contributed by atoms with Gasteiger partial charge in [-0.3, -0.25) is 0 Å². The lowest BCUT2D eigenvalue weighted by atomic mass is 10.4. The van der Waals surface area contributed by atoms with Crippen LogP contribution in [0.25, 0.3) is 5.69 Å². The van der Waals surface area contributed by atoms with Crippen molar-refractivity contribution in [1.29, 1.82) is 0 Å². The zero-order chi connectivity index (χ0) is 9.68. The number of rotatable bonds is 1. The molecule has 0 aliphatic rings. The Bertz CT molecular complexity index is 335. The van der Waals surface area contributed by atoms with E-state index in [9.17, 15) is 0 Å². The highest BCUT2D eigenvalue weighted by Crippen LogP contribution is 2.16. The van der Waals surface area contributed by atoms with Gasteiger partial charge in [0.25, 0.3) is 0 Å². The first-order chi connectivity index (χ1) is 6.36. The Labute approximate surface area is 82.9 Å². The van der Waals surface area contributed by atoms with E-state index in [2.05, 4.69) is 23.4 Å². The van der Waals surface area contributed by atoms with Crippen LogP contribution in [0.3, 0.4) is 0 Å². The Morgan fingerprint density at radius 3 is 2.62 bits per heavy atom. The summed E-state index contributed by atoms with van der Waals surface area (Å²) in [4.78, 5) is 5.30. The minimum atomic E-state index is 1.20. The number of imidazole rings is 1. The summed E-state index contributed by atoms with van der Waals surface area (Å²) >= 11 is 1.75. The van der Waals surface area contributed by atoms with Gasteiger partial charge in [-0.05, 0) is 13.0 Å². The standard InChI is InChI=1S/C8H8N2S.C2H6/c1-7-4-8(5-11-7)10-3-2-9-6-10;1-2/h2-6H,1H3;1-2H3. The van der Waals surface area contributed by atoms with Crippen molar-refractivity contribution in [3.05, 3.63) is 35.0 Å². The van der Waals surface area contributed by atoms with E-state index < -0.39 is 0 Å². The van der Waals surface area contributed by atoms with E-state index in [4.69, 9.17) is 0 Å². The quantitative estimate of drug-likeness (QED) is 0.681. The maximum Gasteiger partial charge on any atom is 0.0991 e. The van der Waals surface area contributed by atoms with Crippen molar-refractivity contribution in [2.24, 2.45) is 0 Å². The average Bonchev–Trinajstić information content (AvgIpc) is 2.77. The molecule has 3 heteroatoms. The van der Waals surface area contributed by atoms with Gasteiger partial charge in [0.2, 0.25) is 0 Å². The zero-order valence-electron chi connectivity index (χ0n) is 8.19. The largest absolute Gasteiger partial charge is 0.305 e. The second-order valence-electron chi connectivity index (χ2n) is 2.39. The predicted molar refractivity (Wildman–Crippen MR) is 57.5 cm³/mol. The fourth-order valence-corrected chi connectivity index (χ4v) is 1.66. The van der Waals surface area contributed by atoms with Crippen LogP contribution in [0.5, 0.6) is 0 Å². The van der Waals surface area contributed by atoms with Gasteiger partial charge in [-0.1, -0.05) is 13.8 Å². The molecule has 2 rings (SSSR count). The van der Waals surface area contributed by atoms with E-state index in [1.807, 2.05) is 30.9 Å². The van der Waals surface area contributed by atoms with Crippen molar-refractivity contribution in [2.75, 3.05) is 0 Å². The normalized spacial score (nSPS) is 9.15. The second-order valence-corrected chi connectivity index (χ2v) is 3.50. The van der Waals surface area contributed by atoms with Crippen LogP contribution in [0.4, 0.5) is 0 Å². The summed E-state index contributed by atoms with van der Waals surface area (Å²) in [5.74, 6) is 0. The van der Waals surface area contributed by atoms with Crippen LogP contribution in [0.2, 0.25) is 0 Å². The molecule has 2 aromatic rings. The van der Waals surface area contributed by atoms with Crippen LogP contribution < -0.4 is 0 Å². The molecule has 0 bridgehead atoms. The predicted octanol–water partition coefficient (Wildman–Crippen LogP) is 3.27. The molecule has 70 valence electrons. The van der Waals surface area contributed by atoms with Gasteiger partial charge in [-0.2, -0.15) is 0 Å². The first kappa shape index (κ1) is 9.99. The minimum absolute atomic E-state index is 1.20. The van der Waals surface area contributed by atoms with Crippen LogP contribution in [-0.4, -0.2) is 9.55 Å². The van der Waals surface area contributed by atoms with Crippen molar-refractivity contribution in [1.82, 2.24) is 9.55 Å². The highest BCUT2D eigenvalue weighted by molar-refractivity contribution is 7.10. The lowest BCUT2D eigenvalue weighted by Crippen LogP contribution is -1.84. The fraction of sp³-hybridized carbons (Fsp3) is 0.300. The lowest BCUT2D eigenvalue weighted by Gasteiger charge is -1.93. The molecule has 0 aliphatic carbocycles. The molecular formula is C10H14N2S. The molecule has 2 nitrogen and oxygen atoms in total. The van der Waals surface area contributed by atoms with E-state index in [0.29, 0.717) is 0 Å². The Hall–Kier alpha value is -1.09. The molecule has 0 saturated heterocycles. The van der Waals surface area contributed by atoms with Crippen molar-refractivity contribution in [3.63, 3.8) is 0 Å². The van der Waals surface area contributed by atoms with Crippen LogP contribution in [0, 0.1) is 6.92 Å². The summed E-state index contributed by atoms with van der Waals surface area (Å²) in [5, 5.41) is 2.12. The number of aryl methyl sites for hydroxylation is 1. The van der Waals surface area contributed by atoms with Gasteiger partial charge in [0, 0.05) is 22.7 Å². The summed E-state index contributed by atoms with van der Waals surface area (Å²) in [7, 11) is 0. The molecule has 0 saturated carbocycles. The van der Waals surface area contributed by atoms with Crippen molar-refractivity contribution < 1.29 is 0 Å². The number of aromatic nitrogens is 2. The third-order valence-corrected chi connectivity index (χ3v) is 2.37. The van der Waals surface area contributed by atoms with E-state index in [1.54, 1.807) is 17.5 Å². The summed E-state index contributed by atoms with van der Waals surface area (Å²) in [5.41, 5.74) is 1.20. The monoisotopic (exact) mass is 194 g/mol. The number of thiophene rings is 1. The molecular weight excluding hydrogens is 180 g/mol. The van der Waals surface area contributed by atoms with Crippen molar-refractivity contribution in [3.8, 4) is 5.69 Å². The summed E-state index contributed by atoms with van der Waals surface area (Å²) in [6.07, 6.45) is 5.54. The highest BCUT2D eigenvalue weighted by Gasteiger charge is 1.95. The maximum absolute atomic E-state index is 3.98. The Kier molecular flexibility index (Phi) is 3.71. The summed E-state index contributed by atoms with van der Waals surface area (Å²) in [6, 6.07) is 2.15.